The van der Waals surface area contributed by atoms with E-state index in [0.717, 1.165) is 76.9 Å². The third-order valence-electron chi connectivity index (χ3n) is 8.59. The van der Waals surface area contributed by atoms with Gasteiger partial charge >= 0.3 is 0 Å². The van der Waals surface area contributed by atoms with Gasteiger partial charge in [0.25, 0.3) is 0 Å². The summed E-state index contributed by atoms with van der Waals surface area (Å²) in [6.07, 6.45) is 8.47. The van der Waals surface area contributed by atoms with Crippen molar-refractivity contribution in [3.63, 3.8) is 0 Å². The second kappa shape index (κ2) is 11.5. The smallest absolute Gasteiger partial charge is 0.0798 e. The maximum Gasteiger partial charge on any atom is 0.0798 e. The van der Waals surface area contributed by atoms with Gasteiger partial charge in [0.2, 0.25) is 0 Å². The molecule has 0 saturated heterocycles. The number of aromatic nitrogens is 4. The molecule has 2 aliphatic rings. The van der Waals surface area contributed by atoms with Gasteiger partial charge in [-0.1, -0.05) is 103 Å². The molecule has 3 aromatic heterocycles. The molecule has 5 heteroatoms. The van der Waals surface area contributed by atoms with Gasteiger partial charge in [-0.15, -0.1) is 0 Å². The van der Waals surface area contributed by atoms with Gasteiger partial charge in [-0.3, -0.25) is 0 Å². The number of nitrogens with zero attached hydrogens (tertiary/aromatic N) is 2. The van der Waals surface area contributed by atoms with Crippen LogP contribution in [0.1, 0.15) is 22.8 Å². The van der Waals surface area contributed by atoms with Crippen LogP contribution in [0.5, 0.6) is 0 Å². The molecule has 47 heavy (non-hydrogen) atoms. The number of fused-ring (bicyclic) bond motifs is 9. The molecule has 0 fully saturated rings. The standard InChI is InChI=1S/C42H28N4S/c1-3-10-28(11-4-1)40-34-19-16-31(43-34)26-32-17-20-35(44-32)41(29-12-5-2-6-13-29)37-22-24-39(46-37)42(38-23-21-36(40)45-38)47-33-18-15-27-9-7-8-14-30(27)25-33/h1-26,43,46H. The molecule has 0 radical (unpaired) electrons. The van der Waals surface area contributed by atoms with Crippen LogP contribution in [0, 0.1) is 0 Å². The molecule has 7 aromatic rings. The Morgan fingerprint density at radius 2 is 1.06 bits per heavy atom. The summed E-state index contributed by atoms with van der Waals surface area (Å²) in [5.41, 5.74) is 12.0. The predicted molar refractivity (Wildman–Crippen MR) is 198 cm³/mol. The van der Waals surface area contributed by atoms with Crippen LogP contribution in [0.2, 0.25) is 0 Å². The van der Waals surface area contributed by atoms with Gasteiger partial charge in [-0.25, -0.2) is 9.97 Å². The van der Waals surface area contributed by atoms with Crippen molar-refractivity contribution >= 4 is 68.9 Å². The minimum atomic E-state index is 0.898. The van der Waals surface area contributed by atoms with Crippen LogP contribution in [0.4, 0.5) is 0 Å². The highest BCUT2D eigenvalue weighted by molar-refractivity contribution is 7.99. The van der Waals surface area contributed by atoms with E-state index in [0.29, 0.717) is 0 Å². The van der Waals surface area contributed by atoms with E-state index in [1.807, 2.05) is 12.1 Å². The van der Waals surface area contributed by atoms with E-state index in [9.17, 15) is 0 Å². The monoisotopic (exact) mass is 620 g/mol. The molecule has 0 aliphatic carbocycles. The highest BCUT2D eigenvalue weighted by atomic mass is 32.2. The fraction of sp³-hybridized carbons (Fsp3) is 0. The lowest BCUT2D eigenvalue weighted by molar-refractivity contribution is 1.24. The zero-order valence-electron chi connectivity index (χ0n) is 25.3. The third kappa shape index (κ3) is 5.17. The Morgan fingerprint density at radius 3 is 1.85 bits per heavy atom. The van der Waals surface area contributed by atoms with Gasteiger partial charge in [0.15, 0.2) is 0 Å². The molecule has 0 spiro atoms. The Balaban J connectivity index is 1.38. The number of benzene rings is 4. The van der Waals surface area contributed by atoms with Gasteiger partial charge in [0, 0.05) is 32.6 Å². The summed E-state index contributed by atoms with van der Waals surface area (Å²) in [4.78, 5) is 20.1. The van der Waals surface area contributed by atoms with E-state index in [-0.39, 0.29) is 0 Å². The average molecular weight is 621 g/mol. The zero-order chi connectivity index (χ0) is 31.2. The first kappa shape index (κ1) is 27.4. The molecule has 0 amide bonds. The van der Waals surface area contributed by atoms with Crippen molar-refractivity contribution in [3.8, 4) is 22.3 Å². The second-order valence-corrected chi connectivity index (χ2v) is 12.7. The fourth-order valence-corrected chi connectivity index (χ4v) is 7.39. The first-order valence-corrected chi connectivity index (χ1v) is 16.5. The topological polar surface area (TPSA) is 57.4 Å². The van der Waals surface area contributed by atoms with E-state index >= 15 is 0 Å². The highest BCUT2D eigenvalue weighted by Crippen LogP contribution is 2.39. The van der Waals surface area contributed by atoms with Gasteiger partial charge in [-0.2, -0.15) is 0 Å². The van der Waals surface area contributed by atoms with Crippen LogP contribution in [-0.2, 0) is 0 Å². The number of nitrogens with one attached hydrogen (secondary N) is 2. The van der Waals surface area contributed by atoms with Crippen LogP contribution in [-0.4, -0.2) is 19.9 Å². The molecule has 4 aromatic carbocycles. The molecule has 2 N–H and O–H groups in total. The first-order chi connectivity index (χ1) is 23.2. The Bertz CT molecular complexity index is 2500. The largest absolute Gasteiger partial charge is 0.355 e. The summed E-state index contributed by atoms with van der Waals surface area (Å²) in [6.45, 7) is 0. The second-order valence-electron chi connectivity index (χ2n) is 11.7. The molecule has 0 unspecified atom stereocenters. The SMILES string of the molecule is C1=Cc2nc1cc1ccc([nH]1)c(-c1ccccc1)c1nc(c(Sc3ccc4ccccc4c3)c3ccc([nH]3)c2-c2ccccc2)C=C1. The molecular formula is C42H28N4S. The molecular weight excluding hydrogens is 593 g/mol. The Kier molecular flexibility index (Phi) is 6.69. The van der Waals surface area contributed by atoms with E-state index < -0.39 is 0 Å². The number of hydrogen-bond acceptors (Lipinski definition) is 3. The lowest BCUT2D eigenvalue weighted by Crippen LogP contribution is -1.87. The molecule has 5 heterocycles. The Morgan fingerprint density at radius 1 is 0.447 bits per heavy atom. The lowest BCUT2D eigenvalue weighted by atomic mass is 10.0. The minimum absolute atomic E-state index is 0.898. The first-order valence-electron chi connectivity index (χ1n) is 15.7. The van der Waals surface area contributed by atoms with Gasteiger partial charge in [0.05, 0.1) is 33.2 Å². The summed E-state index contributed by atoms with van der Waals surface area (Å²) >= 11 is 1.73. The molecule has 2 aliphatic heterocycles. The van der Waals surface area contributed by atoms with E-state index in [1.165, 1.54) is 10.8 Å². The summed E-state index contributed by atoms with van der Waals surface area (Å²) in [5, 5.41) is 2.44. The van der Waals surface area contributed by atoms with Crippen molar-refractivity contribution in [2.24, 2.45) is 0 Å². The fourth-order valence-electron chi connectivity index (χ4n) is 6.39. The average Bonchev–Trinajstić information content (AvgIpc) is 3.95. The highest BCUT2D eigenvalue weighted by Gasteiger charge is 2.16. The van der Waals surface area contributed by atoms with Crippen LogP contribution in [0.25, 0.3) is 79.4 Å². The number of hydrogen-bond donors (Lipinski definition) is 2. The van der Waals surface area contributed by atoms with Gasteiger partial charge < -0.3 is 9.97 Å². The molecule has 4 nitrogen and oxygen atoms in total. The Labute approximate surface area is 276 Å². The third-order valence-corrected chi connectivity index (χ3v) is 9.72. The van der Waals surface area contributed by atoms with E-state index in [1.54, 1.807) is 11.8 Å². The van der Waals surface area contributed by atoms with Crippen LogP contribution in [0.3, 0.4) is 0 Å². The molecule has 222 valence electrons. The number of rotatable bonds is 4. The summed E-state index contributed by atoms with van der Waals surface area (Å²) < 4.78 is 0. The van der Waals surface area contributed by atoms with E-state index in [2.05, 4.69) is 156 Å². The summed E-state index contributed by atoms with van der Waals surface area (Å²) in [7, 11) is 0. The van der Waals surface area contributed by atoms with Gasteiger partial charge in [0.1, 0.15) is 0 Å². The van der Waals surface area contributed by atoms with Crippen molar-refractivity contribution in [3.05, 3.63) is 156 Å². The van der Waals surface area contributed by atoms with Crippen molar-refractivity contribution in [1.29, 1.82) is 0 Å². The number of aromatic amines is 2. The quantitative estimate of drug-likeness (QED) is 0.206. The minimum Gasteiger partial charge on any atom is -0.355 e. The molecule has 9 rings (SSSR count). The predicted octanol–water partition coefficient (Wildman–Crippen LogP) is 11.3. The Hall–Kier alpha value is -5.91. The lowest BCUT2D eigenvalue weighted by Gasteiger charge is -2.06. The number of H-pyrrole nitrogens is 2. The van der Waals surface area contributed by atoms with Crippen molar-refractivity contribution in [1.82, 2.24) is 19.9 Å². The maximum absolute atomic E-state index is 5.33. The molecule has 0 saturated carbocycles. The molecule has 8 bridgehead atoms. The normalized spacial score (nSPS) is 12.2. The van der Waals surface area contributed by atoms with Crippen molar-refractivity contribution in [2.75, 3.05) is 0 Å². The van der Waals surface area contributed by atoms with Gasteiger partial charge in [-0.05, 0) is 88.7 Å². The van der Waals surface area contributed by atoms with Crippen molar-refractivity contribution in [2.45, 2.75) is 9.79 Å². The van der Waals surface area contributed by atoms with E-state index in [4.69, 9.17) is 9.97 Å². The summed E-state index contributed by atoms with van der Waals surface area (Å²) in [6, 6.07) is 46.8. The maximum atomic E-state index is 5.33. The summed E-state index contributed by atoms with van der Waals surface area (Å²) in [5.74, 6) is 0. The molecule has 0 atom stereocenters. The van der Waals surface area contributed by atoms with Crippen LogP contribution >= 0.6 is 11.8 Å². The van der Waals surface area contributed by atoms with Crippen molar-refractivity contribution < 1.29 is 0 Å². The van der Waals surface area contributed by atoms with Crippen LogP contribution < -0.4 is 0 Å². The zero-order valence-corrected chi connectivity index (χ0v) is 26.1. The van der Waals surface area contributed by atoms with Crippen LogP contribution in [0.15, 0.2) is 143 Å².